The zero-order valence-corrected chi connectivity index (χ0v) is 17.1. The van der Waals surface area contributed by atoms with Crippen LogP contribution in [0.2, 0.25) is 0 Å². The number of likely N-dealkylation sites (tertiary alicyclic amines) is 1. The third-order valence-electron chi connectivity index (χ3n) is 5.22. The van der Waals surface area contributed by atoms with Crippen LogP contribution in [0.3, 0.4) is 0 Å². The van der Waals surface area contributed by atoms with Crippen molar-refractivity contribution in [1.29, 1.82) is 0 Å². The van der Waals surface area contributed by atoms with Gasteiger partial charge in [0.15, 0.2) is 0 Å². The molecule has 0 atom stereocenters. The van der Waals surface area contributed by atoms with E-state index >= 15 is 0 Å². The standard InChI is InChI=1S/C19H39NOS/c1-9-22-13-11-19(7,8)21-12-10-18(5,6)20-14-16(15-20)17(2,3)4/h16H,9-15H2,1-8H3. The van der Waals surface area contributed by atoms with Gasteiger partial charge in [0.2, 0.25) is 0 Å². The van der Waals surface area contributed by atoms with Gasteiger partial charge in [-0.2, -0.15) is 11.8 Å². The van der Waals surface area contributed by atoms with E-state index in [4.69, 9.17) is 4.74 Å². The normalized spacial score (nSPS) is 18.5. The van der Waals surface area contributed by atoms with Crippen LogP contribution in [0.1, 0.15) is 68.2 Å². The minimum Gasteiger partial charge on any atom is -0.375 e. The van der Waals surface area contributed by atoms with E-state index in [2.05, 4.69) is 60.3 Å². The highest BCUT2D eigenvalue weighted by Crippen LogP contribution is 2.38. The van der Waals surface area contributed by atoms with Gasteiger partial charge in [-0.15, -0.1) is 0 Å². The van der Waals surface area contributed by atoms with Crippen LogP contribution in [0, 0.1) is 11.3 Å². The van der Waals surface area contributed by atoms with Crippen molar-refractivity contribution < 1.29 is 4.74 Å². The molecular weight excluding hydrogens is 290 g/mol. The summed E-state index contributed by atoms with van der Waals surface area (Å²) < 4.78 is 6.18. The molecule has 1 aliphatic heterocycles. The molecule has 0 aromatic heterocycles. The van der Waals surface area contributed by atoms with Crippen LogP contribution in [0.5, 0.6) is 0 Å². The molecule has 0 bridgehead atoms. The summed E-state index contributed by atoms with van der Waals surface area (Å²) in [5.74, 6) is 3.24. The third kappa shape index (κ3) is 6.41. The Morgan fingerprint density at radius 2 is 1.59 bits per heavy atom. The minimum absolute atomic E-state index is 0.0150. The molecule has 0 N–H and O–H groups in total. The van der Waals surface area contributed by atoms with Gasteiger partial charge in [0, 0.05) is 25.2 Å². The zero-order valence-electron chi connectivity index (χ0n) is 16.3. The van der Waals surface area contributed by atoms with Crippen molar-refractivity contribution in [3.63, 3.8) is 0 Å². The van der Waals surface area contributed by atoms with E-state index in [0.717, 1.165) is 25.4 Å². The molecule has 22 heavy (non-hydrogen) atoms. The van der Waals surface area contributed by atoms with Crippen molar-refractivity contribution in [3.8, 4) is 0 Å². The molecule has 0 aromatic carbocycles. The summed E-state index contributed by atoms with van der Waals surface area (Å²) in [6.45, 7) is 21.9. The van der Waals surface area contributed by atoms with E-state index in [-0.39, 0.29) is 11.1 Å². The Kier molecular flexibility index (Phi) is 7.29. The molecule has 3 heteroatoms. The molecule has 0 amide bonds. The lowest BCUT2D eigenvalue weighted by molar-refractivity contribution is -0.0734. The topological polar surface area (TPSA) is 12.5 Å². The van der Waals surface area contributed by atoms with Crippen LogP contribution in [-0.2, 0) is 4.74 Å². The van der Waals surface area contributed by atoms with Crippen molar-refractivity contribution in [1.82, 2.24) is 4.90 Å². The first-order valence-electron chi connectivity index (χ1n) is 8.95. The number of rotatable bonds is 9. The predicted octanol–water partition coefficient (Wildman–Crippen LogP) is 5.07. The van der Waals surface area contributed by atoms with Crippen molar-refractivity contribution in [3.05, 3.63) is 0 Å². The van der Waals surface area contributed by atoms with Gasteiger partial charge < -0.3 is 4.74 Å². The molecule has 0 aliphatic carbocycles. The fraction of sp³-hybridized carbons (Fsp3) is 1.00. The molecule has 1 fully saturated rings. The Morgan fingerprint density at radius 1 is 1.00 bits per heavy atom. The molecule has 1 rings (SSSR count). The summed E-state index contributed by atoms with van der Waals surface area (Å²) in [6, 6.07) is 0. The maximum Gasteiger partial charge on any atom is 0.0634 e. The smallest absolute Gasteiger partial charge is 0.0634 e. The maximum absolute atomic E-state index is 6.18. The van der Waals surface area contributed by atoms with Gasteiger partial charge in [-0.3, -0.25) is 4.90 Å². The first-order chi connectivity index (χ1) is 9.98. The lowest BCUT2D eigenvalue weighted by atomic mass is 9.74. The van der Waals surface area contributed by atoms with Crippen LogP contribution in [-0.4, -0.2) is 47.2 Å². The van der Waals surface area contributed by atoms with Gasteiger partial charge >= 0.3 is 0 Å². The lowest BCUT2D eigenvalue weighted by Crippen LogP contribution is -2.60. The second-order valence-electron chi connectivity index (χ2n) is 9.09. The fourth-order valence-electron chi connectivity index (χ4n) is 2.79. The van der Waals surface area contributed by atoms with Crippen molar-refractivity contribution in [2.24, 2.45) is 11.3 Å². The minimum atomic E-state index is 0.0150. The summed E-state index contributed by atoms with van der Waals surface area (Å²) >= 11 is 2.01. The van der Waals surface area contributed by atoms with Crippen LogP contribution >= 0.6 is 11.8 Å². The number of ether oxygens (including phenoxy) is 1. The molecule has 0 spiro atoms. The summed E-state index contributed by atoms with van der Waals surface area (Å²) in [6.07, 6.45) is 2.26. The van der Waals surface area contributed by atoms with Gasteiger partial charge in [-0.1, -0.05) is 27.7 Å². The zero-order chi connectivity index (χ0) is 17.0. The van der Waals surface area contributed by atoms with Gasteiger partial charge in [0.05, 0.1) is 5.60 Å². The second-order valence-corrected chi connectivity index (χ2v) is 10.5. The van der Waals surface area contributed by atoms with E-state index in [1.54, 1.807) is 0 Å². The van der Waals surface area contributed by atoms with Gasteiger partial charge in [0.1, 0.15) is 0 Å². The fourth-order valence-corrected chi connectivity index (χ4v) is 3.71. The first kappa shape index (κ1) is 20.3. The van der Waals surface area contributed by atoms with Crippen LogP contribution < -0.4 is 0 Å². The average molecular weight is 330 g/mol. The lowest BCUT2D eigenvalue weighted by Gasteiger charge is -2.53. The van der Waals surface area contributed by atoms with E-state index in [9.17, 15) is 0 Å². The highest BCUT2D eigenvalue weighted by atomic mass is 32.2. The van der Waals surface area contributed by atoms with Gasteiger partial charge in [-0.25, -0.2) is 0 Å². The quantitative estimate of drug-likeness (QED) is 0.548. The second kappa shape index (κ2) is 7.90. The molecular formula is C19H39NOS. The van der Waals surface area contributed by atoms with Gasteiger partial charge in [-0.05, 0) is 63.4 Å². The predicted molar refractivity (Wildman–Crippen MR) is 101 cm³/mol. The highest BCUT2D eigenvalue weighted by molar-refractivity contribution is 7.99. The molecule has 2 nitrogen and oxygen atoms in total. The monoisotopic (exact) mass is 329 g/mol. The van der Waals surface area contributed by atoms with E-state index in [0.29, 0.717) is 5.41 Å². The molecule has 132 valence electrons. The van der Waals surface area contributed by atoms with Crippen molar-refractivity contribution in [2.75, 3.05) is 31.2 Å². The average Bonchev–Trinajstić information content (AvgIpc) is 2.23. The largest absolute Gasteiger partial charge is 0.375 e. The van der Waals surface area contributed by atoms with Crippen LogP contribution in [0.25, 0.3) is 0 Å². The Labute approximate surface area is 143 Å². The molecule has 1 aliphatic rings. The summed E-state index contributed by atoms with van der Waals surface area (Å²) in [5.41, 5.74) is 0.721. The van der Waals surface area contributed by atoms with E-state index in [1.807, 2.05) is 11.8 Å². The molecule has 1 heterocycles. The van der Waals surface area contributed by atoms with Crippen molar-refractivity contribution >= 4 is 11.8 Å². The number of thioether (sulfide) groups is 1. The summed E-state index contributed by atoms with van der Waals surface area (Å²) in [4.78, 5) is 2.63. The Bertz CT molecular complexity index is 327. The van der Waals surface area contributed by atoms with E-state index in [1.165, 1.54) is 24.6 Å². The first-order valence-corrected chi connectivity index (χ1v) is 10.1. The number of hydrogen-bond acceptors (Lipinski definition) is 3. The van der Waals surface area contributed by atoms with Crippen LogP contribution in [0.4, 0.5) is 0 Å². The van der Waals surface area contributed by atoms with Crippen molar-refractivity contribution in [2.45, 2.75) is 79.4 Å². The Balaban J connectivity index is 2.29. The molecule has 0 saturated carbocycles. The van der Waals surface area contributed by atoms with Crippen LogP contribution in [0.15, 0.2) is 0 Å². The molecule has 1 saturated heterocycles. The van der Waals surface area contributed by atoms with Gasteiger partial charge in [0.25, 0.3) is 0 Å². The maximum atomic E-state index is 6.18. The summed E-state index contributed by atoms with van der Waals surface area (Å²) in [7, 11) is 0. The SMILES string of the molecule is CCSCCC(C)(C)OCCC(C)(C)N1CC(C(C)(C)C)C1. The third-order valence-corrected chi connectivity index (χ3v) is 6.12. The molecule has 0 radical (unpaired) electrons. The number of hydrogen-bond donors (Lipinski definition) is 0. The Morgan fingerprint density at radius 3 is 2.09 bits per heavy atom. The molecule has 0 unspecified atom stereocenters. The number of nitrogens with zero attached hydrogens (tertiary/aromatic N) is 1. The molecule has 0 aromatic rings. The van der Waals surface area contributed by atoms with E-state index < -0.39 is 0 Å². The summed E-state index contributed by atoms with van der Waals surface area (Å²) in [5, 5.41) is 0. The Hall–Kier alpha value is 0.270. The highest BCUT2D eigenvalue weighted by Gasteiger charge is 2.41.